The van der Waals surface area contributed by atoms with Crippen molar-refractivity contribution in [1.29, 1.82) is 0 Å². The van der Waals surface area contributed by atoms with Crippen LogP contribution in [-0.2, 0) is 5.41 Å². The molecule has 0 spiro atoms. The summed E-state index contributed by atoms with van der Waals surface area (Å²) >= 11 is 0. The second kappa shape index (κ2) is 15.1. The lowest BCUT2D eigenvalue weighted by atomic mass is 9.67. The number of rotatable bonds is 8. The van der Waals surface area contributed by atoms with Crippen molar-refractivity contribution in [1.82, 2.24) is 4.57 Å². The summed E-state index contributed by atoms with van der Waals surface area (Å²) < 4.78 is 2.39. The minimum Gasteiger partial charge on any atom is -0.310 e. The lowest BCUT2D eigenvalue weighted by Crippen LogP contribution is -2.28. The normalized spacial score (nSPS) is 12.6. The van der Waals surface area contributed by atoms with Crippen molar-refractivity contribution < 1.29 is 0 Å². The van der Waals surface area contributed by atoms with Gasteiger partial charge >= 0.3 is 0 Å². The van der Waals surface area contributed by atoms with Crippen molar-refractivity contribution in [3.63, 3.8) is 0 Å². The van der Waals surface area contributed by atoms with Gasteiger partial charge in [-0.3, -0.25) is 0 Å². The largest absolute Gasteiger partial charge is 0.310 e. The van der Waals surface area contributed by atoms with Crippen molar-refractivity contribution in [2.24, 2.45) is 0 Å². The molecule has 10 aromatic carbocycles. The van der Waals surface area contributed by atoms with Gasteiger partial charge in [-0.1, -0.05) is 194 Å². The van der Waals surface area contributed by atoms with E-state index in [1.807, 2.05) is 0 Å². The van der Waals surface area contributed by atoms with Crippen molar-refractivity contribution in [3.05, 3.63) is 277 Å². The van der Waals surface area contributed by atoms with Crippen LogP contribution in [0.4, 0.5) is 17.1 Å². The Bertz CT molecular complexity index is 3330. The molecule has 0 N–H and O–H groups in total. The van der Waals surface area contributed by atoms with Crippen LogP contribution < -0.4 is 4.90 Å². The second-order valence-electron chi connectivity index (χ2n) is 16.5. The monoisotopic (exact) mass is 802 g/mol. The summed E-state index contributed by atoms with van der Waals surface area (Å²) in [4.78, 5) is 2.41. The van der Waals surface area contributed by atoms with E-state index in [1.54, 1.807) is 0 Å². The fraction of sp³-hybridized carbons (Fsp3) is 0.0164. The van der Waals surface area contributed by atoms with Crippen LogP contribution in [0.5, 0.6) is 0 Å². The number of hydrogen-bond acceptors (Lipinski definition) is 1. The first kappa shape index (κ1) is 36.6. The zero-order valence-electron chi connectivity index (χ0n) is 34.6. The van der Waals surface area contributed by atoms with Crippen LogP contribution in [0.3, 0.4) is 0 Å². The molecule has 2 heteroatoms. The first-order valence-corrected chi connectivity index (χ1v) is 21.8. The summed E-state index contributed by atoms with van der Waals surface area (Å²) in [5.41, 5.74) is 18.7. The number of hydrogen-bond donors (Lipinski definition) is 0. The van der Waals surface area contributed by atoms with Gasteiger partial charge in [0.2, 0.25) is 0 Å². The minimum absolute atomic E-state index is 0.501. The van der Waals surface area contributed by atoms with E-state index in [0.29, 0.717) is 0 Å². The average Bonchev–Trinajstić information content (AvgIpc) is 3.86. The molecule has 1 aliphatic carbocycles. The molecule has 296 valence electrons. The fourth-order valence-electron chi connectivity index (χ4n) is 10.3. The lowest BCUT2D eigenvalue weighted by molar-refractivity contribution is 0.768. The minimum atomic E-state index is -0.501. The number of nitrogens with zero attached hydrogens (tertiary/aromatic N) is 2. The predicted molar refractivity (Wildman–Crippen MR) is 264 cm³/mol. The maximum Gasteiger partial charge on any atom is 0.0714 e. The first-order chi connectivity index (χ1) is 31.3. The van der Waals surface area contributed by atoms with E-state index in [-0.39, 0.29) is 0 Å². The van der Waals surface area contributed by atoms with Gasteiger partial charge in [-0.25, -0.2) is 0 Å². The van der Waals surface area contributed by atoms with Gasteiger partial charge < -0.3 is 9.47 Å². The van der Waals surface area contributed by atoms with Gasteiger partial charge in [0.25, 0.3) is 0 Å². The van der Waals surface area contributed by atoms with Crippen molar-refractivity contribution in [2.75, 3.05) is 4.90 Å². The Labute approximate surface area is 368 Å². The van der Waals surface area contributed by atoms with E-state index in [4.69, 9.17) is 0 Å². The third-order valence-corrected chi connectivity index (χ3v) is 13.1. The smallest absolute Gasteiger partial charge is 0.0714 e. The molecule has 0 radical (unpaired) electrons. The van der Waals surface area contributed by atoms with Gasteiger partial charge in [-0.15, -0.1) is 0 Å². The van der Waals surface area contributed by atoms with E-state index in [9.17, 15) is 0 Å². The molecule has 0 atom stereocenters. The van der Waals surface area contributed by atoms with E-state index in [0.717, 1.165) is 28.3 Å². The maximum atomic E-state index is 2.45. The third-order valence-electron chi connectivity index (χ3n) is 13.1. The molecule has 12 rings (SSSR count). The Balaban J connectivity index is 1.01. The maximum absolute atomic E-state index is 2.45. The SMILES string of the molecule is c1ccc(-c2ccc(N(c3ccc(-c4cccc(-n5c6ccccc6c6ccccc65)c4)cc3)c3ccc4c(c3)C(c3ccccc3)(c3ccccc3)c3ccccc3-4)cc2)cc1. The summed E-state index contributed by atoms with van der Waals surface area (Å²) in [6.45, 7) is 0. The molecule has 0 saturated carbocycles. The van der Waals surface area contributed by atoms with Gasteiger partial charge in [-0.2, -0.15) is 0 Å². The Morgan fingerprint density at radius 3 is 1.38 bits per heavy atom. The van der Waals surface area contributed by atoms with E-state index < -0.39 is 5.41 Å². The van der Waals surface area contributed by atoms with E-state index in [2.05, 4.69) is 264 Å². The van der Waals surface area contributed by atoms with Crippen LogP contribution in [0.1, 0.15) is 22.3 Å². The molecular formula is C61H42N2. The lowest BCUT2D eigenvalue weighted by Gasteiger charge is -2.35. The van der Waals surface area contributed by atoms with Crippen molar-refractivity contribution >= 4 is 38.9 Å². The third kappa shape index (κ3) is 5.95. The Hall–Kier alpha value is -8.20. The Morgan fingerprint density at radius 2 is 0.762 bits per heavy atom. The van der Waals surface area contributed by atoms with E-state index >= 15 is 0 Å². The highest BCUT2D eigenvalue weighted by molar-refractivity contribution is 6.09. The Kier molecular flexibility index (Phi) is 8.76. The van der Waals surface area contributed by atoms with Crippen LogP contribution in [0.15, 0.2) is 255 Å². The molecule has 2 nitrogen and oxygen atoms in total. The van der Waals surface area contributed by atoms with Crippen molar-refractivity contribution in [3.8, 4) is 39.1 Å². The molecule has 0 aliphatic heterocycles. The van der Waals surface area contributed by atoms with Gasteiger partial charge in [0.15, 0.2) is 0 Å². The highest BCUT2D eigenvalue weighted by Crippen LogP contribution is 2.57. The van der Waals surface area contributed by atoms with Gasteiger partial charge in [0.05, 0.1) is 16.4 Å². The molecule has 0 unspecified atom stereocenters. The molecule has 1 heterocycles. The number of para-hydroxylation sites is 2. The van der Waals surface area contributed by atoms with Gasteiger partial charge in [0.1, 0.15) is 0 Å². The summed E-state index contributed by atoms with van der Waals surface area (Å²) in [6, 6.07) is 93.2. The molecule has 0 amide bonds. The highest BCUT2D eigenvalue weighted by Gasteiger charge is 2.46. The highest BCUT2D eigenvalue weighted by atomic mass is 15.1. The summed E-state index contributed by atoms with van der Waals surface area (Å²) in [6.07, 6.45) is 0. The predicted octanol–water partition coefficient (Wildman–Crippen LogP) is 16.0. The second-order valence-corrected chi connectivity index (χ2v) is 16.5. The molecule has 0 saturated heterocycles. The molecule has 11 aromatic rings. The first-order valence-electron chi connectivity index (χ1n) is 21.8. The Morgan fingerprint density at radius 1 is 0.302 bits per heavy atom. The fourth-order valence-corrected chi connectivity index (χ4v) is 10.3. The van der Waals surface area contributed by atoms with E-state index in [1.165, 1.54) is 71.9 Å². The topological polar surface area (TPSA) is 8.17 Å². The number of aromatic nitrogens is 1. The standard InChI is InChI=1S/C61H42N2/c1-4-17-43(18-5-1)44-31-35-49(36-32-44)62(50-37-33-45(34-38-50)46-19-16-24-51(41-46)63-59-29-14-11-26-55(59)56-27-12-15-30-60(56)63)52-39-40-54-53-25-10-13-28-57(53)61(58(54)42-52,47-20-6-2-7-21-47)48-22-8-3-9-23-48/h1-42H. The zero-order chi connectivity index (χ0) is 41.7. The van der Waals surface area contributed by atoms with Crippen LogP contribution >= 0.6 is 0 Å². The van der Waals surface area contributed by atoms with Gasteiger partial charge in [0, 0.05) is 33.5 Å². The van der Waals surface area contributed by atoms with Crippen molar-refractivity contribution in [2.45, 2.75) is 5.41 Å². The van der Waals surface area contributed by atoms with Crippen LogP contribution in [0.2, 0.25) is 0 Å². The van der Waals surface area contributed by atoms with Gasteiger partial charge in [-0.05, 0) is 116 Å². The number of fused-ring (bicyclic) bond motifs is 6. The molecule has 63 heavy (non-hydrogen) atoms. The average molecular weight is 803 g/mol. The molecule has 1 aromatic heterocycles. The zero-order valence-corrected chi connectivity index (χ0v) is 34.6. The molecule has 0 fully saturated rings. The number of benzene rings is 10. The van der Waals surface area contributed by atoms with Crippen LogP contribution in [-0.4, -0.2) is 4.57 Å². The summed E-state index contributed by atoms with van der Waals surface area (Å²) in [7, 11) is 0. The molecule has 1 aliphatic rings. The molecular weight excluding hydrogens is 761 g/mol. The van der Waals surface area contributed by atoms with Crippen LogP contribution in [0, 0.1) is 0 Å². The summed E-state index contributed by atoms with van der Waals surface area (Å²) in [5.74, 6) is 0. The molecule has 0 bridgehead atoms. The quantitative estimate of drug-likeness (QED) is 0.149. The summed E-state index contributed by atoms with van der Waals surface area (Å²) in [5, 5.41) is 2.53. The van der Waals surface area contributed by atoms with Crippen LogP contribution in [0.25, 0.3) is 60.9 Å². The number of anilines is 3.